The summed E-state index contributed by atoms with van der Waals surface area (Å²) in [6.07, 6.45) is 5.19. The number of halogens is 2. The van der Waals surface area contributed by atoms with Crippen molar-refractivity contribution in [2.45, 2.75) is 68.7 Å². The molecule has 0 bridgehead atoms. The van der Waals surface area contributed by atoms with E-state index in [0.717, 1.165) is 16.5 Å². The predicted molar refractivity (Wildman–Crippen MR) is 110 cm³/mol. The van der Waals surface area contributed by atoms with E-state index in [1.54, 1.807) is 0 Å². The molecule has 0 aliphatic heterocycles. The molecule has 1 rings (SSSR count). The van der Waals surface area contributed by atoms with Gasteiger partial charge < -0.3 is 0 Å². The molecule has 0 aliphatic rings. The van der Waals surface area contributed by atoms with Gasteiger partial charge in [-0.15, -0.1) is 0 Å². The Balaban J connectivity index is 0. The molecule has 2 heteroatoms. The van der Waals surface area contributed by atoms with Gasteiger partial charge in [0.15, 0.2) is 0 Å². The Hall–Kier alpha value is -0.720. The lowest BCUT2D eigenvalue weighted by atomic mass is 10.0. The maximum Gasteiger partial charge on any atom is 0.0411 e. The Morgan fingerprint density at radius 1 is 1.04 bits per heavy atom. The second kappa shape index (κ2) is 13.7. The lowest BCUT2D eigenvalue weighted by molar-refractivity contribution is 0.732. The van der Waals surface area contributed by atoms with E-state index < -0.39 is 0 Å². The van der Waals surface area contributed by atoms with E-state index in [0.29, 0.717) is 5.92 Å². The van der Waals surface area contributed by atoms with Crippen molar-refractivity contribution in [2.75, 3.05) is 0 Å². The van der Waals surface area contributed by atoms with Gasteiger partial charge in [0.05, 0.1) is 0 Å². The molecule has 1 aromatic carbocycles. The Labute approximate surface area is 154 Å². The molecule has 0 fully saturated rings. The van der Waals surface area contributed by atoms with Crippen LogP contribution >= 0.6 is 23.2 Å². The lowest BCUT2D eigenvalue weighted by Gasteiger charge is -2.06. The van der Waals surface area contributed by atoms with Gasteiger partial charge >= 0.3 is 0 Å². The number of aryl methyl sites for hydroxylation is 2. The fourth-order valence-electron chi connectivity index (χ4n) is 1.92. The fourth-order valence-corrected chi connectivity index (χ4v) is 2.31. The Morgan fingerprint density at radius 2 is 1.48 bits per heavy atom. The largest absolute Gasteiger partial charge is 0.0895 e. The maximum atomic E-state index is 5.82. The van der Waals surface area contributed by atoms with Gasteiger partial charge in [-0.25, -0.2) is 0 Å². The predicted octanol–water partition coefficient (Wildman–Crippen LogP) is 8.41. The van der Waals surface area contributed by atoms with Crippen LogP contribution in [0, 0.1) is 26.7 Å². The molecule has 0 heterocycles. The first-order valence-electron chi connectivity index (χ1n) is 8.45. The van der Waals surface area contributed by atoms with Crippen molar-refractivity contribution < 1.29 is 0 Å². The van der Waals surface area contributed by atoms with Gasteiger partial charge in [0.25, 0.3) is 0 Å². The van der Waals surface area contributed by atoms with E-state index in [1.807, 2.05) is 39.0 Å². The molecule has 0 aliphatic carbocycles. The Bertz CT molecular complexity index is 482. The second-order valence-electron chi connectivity index (χ2n) is 5.67. The maximum absolute atomic E-state index is 5.82. The molecule has 23 heavy (non-hydrogen) atoms. The highest BCUT2D eigenvalue weighted by Gasteiger charge is 1.98. The van der Waals surface area contributed by atoms with Gasteiger partial charge in [0.1, 0.15) is 0 Å². The van der Waals surface area contributed by atoms with E-state index >= 15 is 0 Å². The van der Waals surface area contributed by atoms with Crippen molar-refractivity contribution in [1.29, 1.82) is 0 Å². The summed E-state index contributed by atoms with van der Waals surface area (Å²) in [5.74, 6) is 0.632. The third-order valence-electron chi connectivity index (χ3n) is 3.57. The summed E-state index contributed by atoms with van der Waals surface area (Å²) in [5.41, 5.74) is 5.32. The second-order valence-corrected chi connectivity index (χ2v) is 6.70. The smallest absolute Gasteiger partial charge is 0.0411 e. The molecule has 0 saturated carbocycles. The molecule has 0 N–H and O–H groups in total. The summed E-state index contributed by atoms with van der Waals surface area (Å²) in [4.78, 5) is 0. The molecule has 0 unspecified atom stereocenters. The van der Waals surface area contributed by atoms with E-state index in [9.17, 15) is 0 Å². The molecular formula is C21H34Cl2. The van der Waals surface area contributed by atoms with Gasteiger partial charge in [0.2, 0.25) is 0 Å². The minimum absolute atomic E-state index is 0.632. The van der Waals surface area contributed by atoms with Gasteiger partial charge in [-0.1, -0.05) is 69.5 Å². The first-order valence-corrected chi connectivity index (χ1v) is 9.20. The van der Waals surface area contributed by atoms with Gasteiger partial charge in [-0.05, 0) is 74.9 Å². The highest BCUT2D eigenvalue weighted by molar-refractivity contribution is 6.30. The first kappa shape index (κ1) is 24.5. The van der Waals surface area contributed by atoms with Crippen molar-refractivity contribution in [3.05, 3.63) is 56.6 Å². The van der Waals surface area contributed by atoms with E-state index in [-0.39, 0.29) is 0 Å². The van der Waals surface area contributed by atoms with E-state index in [2.05, 4.69) is 47.6 Å². The number of hydrogen-bond donors (Lipinski definition) is 0. The average molecular weight is 357 g/mol. The van der Waals surface area contributed by atoms with Crippen LogP contribution in [0.1, 0.15) is 64.7 Å². The number of hydrogen-bond acceptors (Lipinski definition) is 0. The third-order valence-corrected chi connectivity index (χ3v) is 3.91. The minimum Gasteiger partial charge on any atom is -0.0895 e. The van der Waals surface area contributed by atoms with Gasteiger partial charge in [-0.2, -0.15) is 0 Å². The van der Waals surface area contributed by atoms with Crippen molar-refractivity contribution in [3.63, 3.8) is 0 Å². The standard InChI is InChI=1S/C10H17Cl.C9H11Cl.C2H6/c1-5-10(8(2)3)7-6-9(4)11;1-6-4-9(10)5-7(2)8(6)3;1-2/h6-8H,5H2,1-4H3;4-5H,1-3H3;1-2H3/b9-6+,10-7+;;. The summed E-state index contributed by atoms with van der Waals surface area (Å²) in [7, 11) is 0. The van der Waals surface area contributed by atoms with Crippen LogP contribution in [0.3, 0.4) is 0 Å². The molecule has 0 amide bonds. The van der Waals surface area contributed by atoms with Crippen LogP contribution in [0.4, 0.5) is 0 Å². The van der Waals surface area contributed by atoms with Crippen molar-refractivity contribution >= 4 is 23.2 Å². The van der Waals surface area contributed by atoms with Crippen LogP contribution < -0.4 is 0 Å². The fraction of sp³-hybridized carbons (Fsp3) is 0.524. The quantitative estimate of drug-likeness (QED) is 0.476. The van der Waals surface area contributed by atoms with E-state index in [4.69, 9.17) is 23.2 Å². The van der Waals surface area contributed by atoms with Crippen LogP contribution in [0.25, 0.3) is 0 Å². The normalized spacial score (nSPS) is 11.5. The van der Waals surface area contributed by atoms with Gasteiger partial charge in [-0.3, -0.25) is 0 Å². The highest BCUT2D eigenvalue weighted by atomic mass is 35.5. The summed E-state index contributed by atoms with van der Waals surface area (Å²) in [5, 5.41) is 1.68. The molecule has 1 aromatic rings. The topological polar surface area (TPSA) is 0 Å². The van der Waals surface area contributed by atoms with Crippen LogP contribution in [0.5, 0.6) is 0 Å². The average Bonchev–Trinajstić information content (AvgIpc) is 2.47. The zero-order valence-corrected chi connectivity index (χ0v) is 17.9. The van der Waals surface area contributed by atoms with Crippen molar-refractivity contribution in [1.82, 2.24) is 0 Å². The molecular weight excluding hydrogens is 323 g/mol. The van der Waals surface area contributed by atoms with Crippen LogP contribution in [-0.2, 0) is 0 Å². The minimum atomic E-state index is 0.632. The van der Waals surface area contributed by atoms with Crippen LogP contribution in [0.2, 0.25) is 5.02 Å². The lowest BCUT2D eigenvalue weighted by Crippen LogP contribution is -1.90. The molecule has 0 spiro atoms. The molecule has 0 atom stereocenters. The Kier molecular flexibility index (Phi) is 14.6. The molecule has 0 saturated heterocycles. The first-order chi connectivity index (χ1) is 10.7. The van der Waals surface area contributed by atoms with Crippen LogP contribution in [-0.4, -0.2) is 0 Å². The zero-order valence-electron chi connectivity index (χ0n) is 16.3. The van der Waals surface area contributed by atoms with Gasteiger partial charge in [0, 0.05) is 10.1 Å². The van der Waals surface area contributed by atoms with E-state index in [1.165, 1.54) is 22.3 Å². The summed E-state index contributed by atoms with van der Waals surface area (Å²) in [6, 6.07) is 3.98. The summed E-state index contributed by atoms with van der Waals surface area (Å²) < 4.78 is 0. The van der Waals surface area contributed by atoms with Crippen molar-refractivity contribution in [2.24, 2.45) is 5.92 Å². The SMILES string of the molecule is CC.CC/C(=C\C=C(/C)Cl)C(C)C.Cc1cc(Cl)cc(C)c1C. The Morgan fingerprint density at radius 3 is 1.78 bits per heavy atom. The molecule has 0 aromatic heterocycles. The molecule has 0 nitrogen and oxygen atoms in total. The molecule has 132 valence electrons. The highest BCUT2D eigenvalue weighted by Crippen LogP contribution is 2.18. The molecule has 0 radical (unpaired) electrons. The zero-order chi connectivity index (χ0) is 18.6. The summed E-state index contributed by atoms with van der Waals surface area (Å²) in [6.45, 7) is 18.7. The number of benzene rings is 1. The summed E-state index contributed by atoms with van der Waals surface area (Å²) >= 11 is 11.5. The van der Waals surface area contributed by atoms with Crippen molar-refractivity contribution in [3.8, 4) is 0 Å². The number of allylic oxidation sites excluding steroid dienone is 4. The monoisotopic (exact) mass is 356 g/mol. The third kappa shape index (κ3) is 11.5. The van der Waals surface area contributed by atoms with Crippen LogP contribution in [0.15, 0.2) is 34.9 Å². The number of rotatable bonds is 3.